The smallest absolute Gasteiger partial charge is 0.312 e. The third-order valence-electron chi connectivity index (χ3n) is 4.30. The number of nitrogens with one attached hydrogen (secondary N) is 3. The quantitative estimate of drug-likeness (QED) is 0.367. The summed E-state index contributed by atoms with van der Waals surface area (Å²) in [5, 5.41) is 16.9. The van der Waals surface area contributed by atoms with Crippen molar-refractivity contribution >= 4 is 45.3 Å². The molecule has 28 heavy (non-hydrogen) atoms. The average Bonchev–Trinajstić information content (AvgIpc) is 3.14. The molecule has 3 aromatic heterocycles. The molecule has 0 aliphatic carbocycles. The number of rotatable bonds is 6. The Morgan fingerprint density at radius 2 is 2.07 bits per heavy atom. The largest absolute Gasteiger partial charge is 0.395 e. The van der Waals surface area contributed by atoms with Gasteiger partial charge in [0.2, 0.25) is 0 Å². The van der Waals surface area contributed by atoms with Crippen LogP contribution in [0.4, 0.5) is 16.0 Å². The summed E-state index contributed by atoms with van der Waals surface area (Å²) in [7, 11) is 0. The lowest BCUT2D eigenvalue weighted by Crippen LogP contribution is -2.15. The van der Waals surface area contributed by atoms with Gasteiger partial charge in [-0.3, -0.25) is 0 Å². The number of H-pyrrole nitrogens is 1. The van der Waals surface area contributed by atoms with Gasteiger partial charge in [0.15, 0.2) is 11.5 Å². The van der Waals surface area contributed by atoms with Crippen molar-refractivity contribution in [1.29, 1.82) is 0 Å². The summed E-state index contributed by atoms with van der Waals surface area (Å²) >= 11 is 6.27. The van der Waals surface area contributed by atoms with Crippen molar-refractivity contribution in [2.75, 3.05) is 23.8 Å². The van der Waals surface area contributed by atoms with Crippen LogP contribution < -0.4 is 10.6 Å². The van der Waals surface area contributed by atoms with E-state index in [1.165, 1.54) is 6.33 Å². The first-order valence-electron chi connectivity index (χ1n) is 8.64. The highest BCUT2D eigenvalue weighted by atomic mass is 35.5. The number of aromatic nitrogens is 5. The Bertz CT molecular complexity index is 1150. The first kappa shape index (κ1) is 18.3. The van der Waals surface area contributed by atoms with Crippen molar-refractivity contribution in [2.24, 2.45) is 0 Å². The van der Waals surface area contributed by atoms with E-state index in [4.69, 9.17) is 11.6 Å². The Morgan fingerprint density at radius 1 is 1.21 bits per heavy atom. The minimum Gasteiger partial charge on any atom is -0.395 e. The Balaban J connectivity index is 1.76. The molecule has 0 bridgehead atoms. The Morgan fingerprint density at radius 3 is 2.89 bits per heavy atom. The predicted octanol–water partition coefficient (Wildman–Crippen LogP) is 3.27. The number of aliphatic hydroxyl groups is 1. The lowest BCUT2D eigenvalue weighted by molar-refractivity contribution is 0.311. The fraction of sp³-hybridized carbons (Fsp3) is 0.222. The summed E-state index contributed by atoms with van der Waals surface area (Å²) < 4.78 is 13.7. The number of nitrogens with zero attached hydrogens (tertiary/aromatic N) is 4. The number of aliphatic hydroxyl groups excluding tert-OH is 1. The highest BCUT2D eigenvalue weighted by Gasteiger charge is 2.18. The lowest BCUT2D eigenvalue weighted by atomic mass is 10.1. The van der Waals surface area contributed by atoms with Gasteiger partial charge in [-0.15, -0.1) is 0 Å². The first-order valence-corrected chi connectivity index (χ1v) is 9.01. The number of benzene rings is 1. The number of pyridine rings is 1. The Hall–Kier alpha value is -3.04. The summed E-state index contributed by atoms with van der Waals surface area (Å²) in [4.78, 5) is 19.1. The van der Waals surface area contributed by atoms with Crippen molar-refractivity contribution in [3.63, 3.8) is 0 Å². The molecule has 0 aliphatic heterocycles. The van der Waals surface area contributed by atoms with Crippen LogP contribution in [0.15, 0.2) is 30.6 Å². The van der Waals surface area contributed by atoms with Gasteiger partial charge in [-0.2, -0.15) is 14.4 Å². The molecule has 0 fully saturated rings. The molecule has 10 heteroatoms. The number of anilines is 2. The predicted molar refractivity (Wildman–Crippen MR) is 106 cm³/mol. The van der Waals surface area contributed by atoms with E-state index < -0.39 is 6.08 Å². The van der Waals surface area contributed by atoms with E-state index in [9.17, 15) is 9.50 Å². The molecule has 0 aliphatic rings. The highest BCUT2D eigenvalue weighted by molar-refractivity contribution is 6.35. The minimum absolute atomic E-state index is 0.0471. The van der Waals surface area contributed by atoms with Crippen LogP contribution in [0.5, 0.6) is 0 Å². The molecule has 1 unspecified atom stereocenters. The van der Waals surface area contributed by atoms with Crippen molar-refractivity contribution in [2.45, 2.75) is 13.0 Å². The van der Waals surface area contributed by atoms with E-state index in [1.807, 2.05) is 25.1 Å². The molecule has 0 saturated heterocycles. The Labute approximate surface area is 164 Å². The van der Waals surface area contributed by atoms with Crippen LogP contribution in [0.3, 0.4) is 0 Å². The standard InChI is InChI=1S/C18H17ClFN7O/c1-9(24-17-14-16(23-8-22-14)26-18(20)27-17)11-7-10-3-2-4-12(19)13(10)25-15(11)21-5-6-28/h2-4,7-9,28H,5-6H2,1H3,(H,21,25)(H2,22,23,24,26,27). The summed E-state index contributed by atoms with van der Waals surface area (Å²) in [5.74, 6) is 0.845. The third kappa shape index (κ3) is 3.41. The number of imidazole rings is 1. The summed E-state index contributed by atoms with van der Waals surface area (Å²) in [6.45, 7) is 2.18. The molecule has 1 atom stereocenters. The lowest BCUT2D eigenvalue weighted by Gasteiger charge is -2.20. The van der Waals surface area contributed by atoms with Gasteiger partial charge in [0.05, 0.1) is 29.5 Å². The molecule has 1 aromatic carbocycles. The number of para-hydroxylation sites is 1. The van der Waals surface area contributed by atoms with Gasteiger partial charge >= 0.3 is 6.08 Å². The van der Waals surface area contributed by atoms with Crippen molar-refractivity contribution < 1.29 is 9.50 Å². The van der Waals surface area contributed by atoms with Crippen LogP contribution in [0.1, 0.15) is 18.5 Å². The second kappa shape index (κ2) is 7.53. The second-order valence-corrected chi connectivity index (χ2v) is 6.60. The van der Waals surface area contributed by atoms with Gasteiger partial charge < -0.3 is 20.7 Å². The molecule has 4 rings (SSSR count). The normalized spacial score (nSPS) is 12.4. The van der Waals surface area contributed by atoms with Gasteiger partial charge in [-0.1, -0.05) is 23.7 Å². The molecule has 0 saturated carbocycles. The average molecular weight is 402 g/mol. The van der Waals surface area contributed by atoms with Crippen LogP contribution in [0.25, 0.3) is 22.1 Å². The van der Waals surface area contributed by atoms with Crippen molar-refractivity contribution in [1.82, 2.24) is 24.9 Å². The molecule has 3 heterocycles. The third-order valence-corrected chi connectivity index (χ3v) is 4.61. The first-order chi connectivity index (χ1) is 13.6. The van der Waals surface area contributed by atoms with Gasteiger partial charge in [0.1, 0.15) is 11.3 Å². The molecular formula is C18H17ClFN7O. The SMILES string of the molecule is CC(Nc1nc(F)nc2[nH]cnc12)c1cc2cccc(Cl)c2nc1NCCO. The number of hydrogen-bond acceptors (Lipinski definition) is 7. The zero-order valence-corrected chi connectivity index (χ0v) is 15.6. The van der Waals surface area contributed by atoms with Crippen molar-refractivity contribution in [3.8, 4) is 0 Å². The van der Waals surface area contributed by atoms with E-state index in [0.717, 1.165) is 10.9 Å². The number of hydrogen-bond donors (Lipinski definition) is 4. The molecule has 0 radical (unpaired) electrons. The molecule has 144 valence electrons. The second-order valence-electron chi connectivity index (χ2n) is 6.20. The Kier molecular flexibility index (Phi) is 4.93. The topological polar surface area (TPSA) is 112 Å². The monoisotopic (exact) mass is 401 g/mol. The molecule has 8 nitrogen and oxygen atoms in total. The maximum atomic E-state index is 13.7. The van der Waals surface area contributed by atoms with Crippen LogP contribution in [-0.2, 0) is 0 Å². The summed E-state index contributed by atoms with van der Waals surface area (Å²) in [6, 6.07) is 7.18. The maximum Gasteiger partial charge on any atom is 0.312 e. The zero-order chi connectivity index (χ0) is 19.7. The van der Waals surface area contributed by atoms with E-state index in [2.05, 4.69) is 35.6 Å². The van der Waals surface area contributed by atoms with Crippen LogP contribution in [-0.4, -0.2) is 43.2 Å². The molecule has 4 aromatic rings. The summed E-state index contributed by atoms with van der Waals surface area (Å²) in [5.41, 5.74) is 2.22. The molecule has 4 N–H and O–H groups in total. The van der Waals surface area contributed by atoms with E-state index in [1.54, 1.807) is 6.07 Å². The van der Waals surface area contributed by atoms with Crippen molar-refractivity contribution in [3.05, 3.63) is 47.3 Å². The molecular weight excluding hydrogens is 385 g/mol. The van der Waals surface area contributed by atoms with Gasteiger partial charge in [-0.05, 0) is 19.1 Å². The summed E-state index contributed by atoms with van der Waals surface area (Å²) in [6.07, 6.45) is 0.580. The van der Waals surface area contributed by atoms with E-state index in [0.29, 0.717) is 34.1 Å². The number of aromatic amines is 1. The van der Waals surface area contributed by atoms with Gasteiger partial charge in [-0.25, -0.2) is 9.97 Å². The fourth-order valence-electron chi connectivity index (χ4n) is 3.02. The maximum absolute atomic E-state index is 13.7. The van der Waals surface area contributed by atoms with Gasteiger partial charge in [0.25, 0.3) is 0 Å². The van der Waals surface area contributed by atoms with E-state index >= 15 is 0 Å². The molecule has 0 amide bonds. The zero-order valence-electron chi connectivity index (χ0n) is 14.9. The van der Waals surface area contributed by atoms with Crippen LogP contribution in [0, 0.1) is 6.08 Å². The molecule has 0 spiro atoms. The fourth-order valence-corrected chi connectivity index (χ4v) is 3.24. The van der Waals surface area contributed by atoms with Crippen LogP contribution in [0.2, 0.25) is 5.02 Å². The highest BCUT2D eigenvalue weighted by Crippen LogP contribution is 2.31. The number of halogens is 2. The minimum atomic E-state index is -0.853. The van der Waals surface area contributed by atoms with E-state index in [-0.39, 0.29) is 18.5 Å². The number of fused-ring (bicyclic) bond motifs is 2. The van der Waals surface area contributed by atoms with Crippen LogP contribution >= 0.6 is 11.6 Å². The van der Waals surface area contributed by atoms with Gasteiger partial charge in [0, 0.05) is 17.5 Å².